The molecule has 434 valence electrons. The Kier molecular flexibility index (Phi) is 23.8. The first-order chi connectivity index (χ1) is 38.6. The van der Waals surface area contributed by atoms with Gasteiger partial charge < -0.3 is 82.3 Å². The number of aromatic nitrogens is 2. The highest BCUT2D eigenvalue weighted by molar-refractivity contribution is 6.09. The Morgan fingerprint density at radius 3 is 2.10 bits per heavy atom. The van der Waals surface area contributed by atoms with Crippen LogP contribution in [-0.2, 0) is 54.3 Å². The SMILES string of the molecule is CCCC(=O)NCCOCC(=O)N[C@H](CCCCNC(=O)c1ccc(C(=O)O)c(-c2c3ccc(=O)cc-3oc3cc(O)ccc23)c1)C(=O)NCCOCC(=O)N[C@@H](C(=O)N[C@H](Cc1c[nH]cn1)C(=O)N[C@H](CC(=O)O)C(N)=O)[C@H](C)O. The van der Waals surface area contributed by atoms with Crippen LogP contribution in [0.2, 0.25) is 0 Å². The van der Waals surface area contributed by atoms with Crippen molar-refractivity contribution >= 4 is 70.2 Å². The normalized spacial score (nSPS) is 12.9. The number of hydrogen-bond donors (Lipinski definition) is 13. The topological polar surface area (TPSA) is 439 Å². The number of carboxylic acids is 2. The number of aliphatic hydroxyl groups is 1. The fourth-order valence-corrected chi connectivity index (χ4v) is 8.16. The second kappa shape index (κ2) is 30.8. The summed E-state index contributed by atoms with van der Waals surface area (Å²) in [6, 6.07) is 6.30. The van der Waals surface area contributed by atoms with Gasteiger partial charge >= 0.3 is 11.9 Å². The van der Waals surface area contributed by atoms with Crippen molar-refractivity contribution in [2.45, 2.75) is 89.1 Å². The molecule has 28 heteroatoms. The second-order valence-corrected chi connectivity index (χ2v) is 18.4. The predicted octanol–water partition coefficient (Wildman–Crippen LogP) is -0.820. The molecule has 14 N–H and O–H groups in total. The van der Waals surface area contributed by atoms with Crippen LogP contribution in [0.15, 0.2) is 76.3 Å². The van der Waals surface area contributed by atoms with Crippen LogP contribution in [0.4, 0.5) is 0 Å². The number of hydrogen-bond acceptors (Lipinski definition) is 17. The quantitative estimate of drug-likeness (QED) is 0.0180. The van der Waals surface area contributed by atoms with Gasteiger partial charge in [0.15, 0.2) is 5.43 Å². The van der Waals surface area contributed by atoms with Gasteiger partial charge in [0.25, 0.3) is 5.91 Å². The Balaban J connectivity index is 1.17. The molecule has 2 heterocycles. The number of aromatic hydroxyl groups is 1. The molecule has 0 fully saturated rings. The summed E-state index contributed by atoms with van der Waals surface area (Å²) in [7, 11) is 0. The highest BCUT2D eigenvalue weighted by atomic mass is 16.5. The Hall–Kier alpha value is -9.28. The summed E-state index contributed by atoms with van der Waals surface area (Å²) in [4.78, 5) is 146. The van der Waals surface area contributed by atoms with Crippen LogP contribution in [0.3, 0.4) is 0 Å². The number of unbranched alkanes of at least 4 members (excludes halogenated alkanes) is 1. The summed E-state index contributed by atoms with van der Waals surface area (Å²) in [6.07, 6.45) is 1.63. The number of aliphatic hydroxyl groups excluding tert-OH is 1. The number of nitrogens with one attached hydrogen (secondary N) is 8. The number of carbonyl (C=O) groups is 10. The fourth-order valence-electron chi connectivity index (χ4n) is 8.16. The van der Waals surface area contributed by atoms with Gasteiger partial charge in [0.05, 0.1) is 43.3 Å². The molecule has 3 aromatic rings. The van der Waals surface area contributed by atoms with Crippen molar-refractivity contribution in [1.82, 2.24) is 47.2 Å². The van der Waals surface area contributed by atoms with Gasteiger partial charge in [-0.05, 0) is 80.6 Å². The third-order valence-electron chi connectivity index (χ3n) is 12.1. The van der Waals surface area contributed by atoms with Gasteiger partial charge in [-0.3, -0.25) is 47.9 Å². The number of aromatic carboxylic acids is 1. The van der Waals surface area contributed by atoms with Gasteiger partial charge in [0.2, 0.25) is 41.4 Å². The second-order valence-electron chi connectivity index (χ2n) is 18.4. The monoisotopic (exact) mass is 1130 g/mol. The molecule has 81 heavy (non-hydrogen) atoms. The van der Waals surface area contributed by atoms with Gasteiger partial charge in [0, 0.05) is 72.9 Å². The minimum atomic E-state index is -1.66. The van der Waals surface area contributed by atoms with E-state index in [4.69, 9.17) is 24.7 Å². The molecule has 0 saturated carbocycles. The number of carbonyl (C=O) groups excluding carboxylic acids is 8. The van der Waals surface area contributed by atoms with Gasteiger partial charge in [-0.1, -0.05) is 6.92 Å². The van der Waals surface area contributed by atoms with E-state index < -0.39 is 103 Å². The Morgan fingerprint density at radius 1 is 0.741 bits per heavy atom. The van der Waals surface area contributed by atoms with Crippen LogP contribution in [-0.4, -0.2) is 166 Å². The zero-order valence-electron chi connectivity index (χ0n) is 44.2. The first-order valence-electron chi connectivity index (χ1n) is 25.6. The van der Waals surface area contributed by atoms with E-state index in [2.05, 4.69) is 47.2 Å². The Labute approximate surface area is 461 Å². The average molecular weight is 1130 g/mol. The van der Waals surface area contributed by atoms with Crippen LogP contribution in [0, 0.1) is 0 Å². The first-order valence-corrected chi connectivity index (χ1v) is 25.6. The highest BCUT2D eigenvalue weighted by Gasteiger charge is 2.33. The lowest BCUT2D eigenvalue weighted by Crippen LogP contribution is -2.59. The van der Waals surface area contributed by atoms with Crippen molar-refractivity contribution in [2.75, 3.05) is 46.1 Å². The maximum absolute atomic E-state index is 13.6. The number of phenolic OH excluding ortho intramolecular Hbond substituents is 1. The number of aliphatic carboxylic acids is 1. The number of fused-ring (bicyclic) bond motifs is 2. The summed E-state index contributed by atoms with van der Waals surface area (Å²) in [5.74, 6) is -8.95. The molecule has 2 aromatic carbocycles. The zero-order chi connectivity index (χ0) is 59.2. The maximum Gasteiger partial charge on any atom is 0.336 e. The molecule has 1 aliphatic heterocycles. The molecule has 1 aromatic heterocycles. The van der Waals surface area contributed by atoms with Crippen LogP contribution in [0.1, 0.15) is 78.8 Å². The van der Waals surface area contributed by atoms with Crippen molar-refractivity contribution in [2.24, 2.45) is 5.73 Å². The van der Waals surface area contributed by atoms with Crippen LogP contribution >= 0.6 is 0 Å². The molecule has 0 spiro atoms. The summed E-state index contributed by atoms with van der Waals surface area (Å²) in [5, 5.41) is 57.9. The van der Waals surface area contributed by atoms with E-state index in [1.54, 1.807) is 0 Å². The number of amides is 8. The lowest BCUT2D eigenvalue weighted by molar-refractivity contribution is -0.140. The number of nitrogens with zero attached hydrogens (tertiary/aromatic N) is 1. The van der Waals surface area contributed by atoms with E-state index in [-0.39, 0.29) is 103 Å². The summed E-state index contributed by atoms with van der Waals surface area (Å²) >= 11 is 0. The van der Waals surface area contributed by atoms with Gasteiger partial charge in [-0.2, -0.15) is 0 Å². The summed E-state index contributed by atoms with van der Waals surface area (Å²) < 4.78 is 16.7. The minimum Gasteiger partial charge on any atom is -0.508 e. The molecule has 0 saturated heterocycles. The fraction of sp³-hybridized carbons (Fsp3) is 0.396. The summed E-state index contributed by atoms with van der Waals surface area (Å²) in [5.41, 5.74) is 6.09. The third-order valence-corrected chi connectivity index (χ3v) is 12.1. The lowest BCUT2D eigenvalue weighted by Gasteiger charge is -2.25. The smallest absolute Gasteiger partial charge is 0.336 e. The highest BCUT2D eigenvalue weighted by Crippen LogP contribution is 2.42. The molecule has 5 atom stereocenters. The average Bonchev–Trinajstić information content (AvgIpc) is 4.07. The first kappa shape index (κ1) is 62.6. The number of primary amides is 1. The molecule has 28 nitrogen and oxygen atoms in total. The number of aromatic amines is 1. The van der Waals surface area contributed by atoms with Crippen LogP contribution < -0.4 is 48.4 Å². The minimum absolute atomic E-state index is 0.00716. The molecule has 8 amide bonds. The van der Waals surface area contributed by atoms with Crippen molar-refractivity contribution in [3.05, 3.63) is 94.2 Å². The standard InChI is InChI=1S/C53H64N10O18/c1-3-6-42(67)56-15-17-79-25-43(68)60-37(7-4-5-14-57-49(73)29-8-11-33(53(77)78)36(19-29)46-34-12-9-31(65)21-40(34)81-41-22-32(66)10-13-35(41)46)50(74)58-16-18-80-26-44(69)63-47(28(2)64)52(76)62-39(20-30-24-55-27-59-30)51(75)61-38(48(54)72)23-45(70)71/h8-13,19,21-22,24,27-28,37-39,47,64-65H,3-7,14-18,20,23,25-26H2,1-2H3,(H2,54,72)(H,55,59)(H,56,67)(H,57,73)(H,58,74)(H,60,68)(H,61,75)(H,62,76)(H,63,69)(H,70,71)(H,77,78)/t28-,37+,38+,39+,47+/m0/s1. The summed E-state index contributed by atoms with van der Waals surface area (Å²) in [6.45, 7) is 1.66. The predicted molar refractivity (Wildman–Crippen MR) is 285 cm³/mol. The van der Waals surface area contributed by atoms with E-state index in [1.807, 2.05) is 6.92 Å². The number of benzene rings is 3. The molecular formula is C53H64N10O18. The number of H-pyrrole nitrogens is 1. The van der Waals surface area contributed by atoms with Crippen molar-refractivity contribution in [3.8, 4) is 28.2 Å². The molecular weight excluding hydrogens is 1060 g/mol. The molecule has 0 bridgehead atoms. The van der Waals surface area contributed by atoms with Crippen molar-refractivity contribution in [1.29, 1.82) is 0 Å². The molecule has 1 aliphatic carbocycles. The number of ether oxygens (including phenoxy) is 2. The van der Waals surface area contributed by atoms with Gasteiger partial charge in [-0.15, -0.1) is 0 Å². The molecule has 0 unspecified atom stereocenters. The number of carboxylic acid groups (broad SMARTS) is 2. The third kappa shape index (κ3) is 19.2. The van der Waals surface area contributed by atoms with E-state index in [9.17, 15) is 68.1 Å². The molecule has 5 rings (SSSR count). The Bertz CT molecular complexity index is 3090. The van der Waals surface area contributed by atoms with Gasteiger partial charge in [0.1, 0.15) is 54.5 Å². The van der Waals surface area contributed by atoms with E-state index in [0.29, 0.717) is 35.8 Å². The van der Waals surface area contributed by atoms with E-state index in [0.717, 1.165) is 0 Å². The van der Waals surface area contributed by atoms with Crippen LogP contribution in [0.25, 0.3) is 33.4 Å². The number of phenols is 1. The van der Waals surface area contributed by atoms with Crippen LogP contribution in [0.5, 0.6) is 5.75 Å². The largest absolute Gasteiger partial charge is 0.508 e. The molecule has 0 radical (unpaired) electrons. The lowest BCUT2D eigenvalue weighted by atomic mass is 9.89. The Morgan fingerprint density at radius 2 is 1.44 bits per heavy atom. The number of imidazole rings is 1. The number of rotatable bonds is 33. The molecule has 2 aliphatic rings. The van der Waals surface area contributed by atoms with Gasteiger partial charge in [-0.25, -0.2) is 9.78 Å². The van der Waals surface area contributed by atoms with Crippen molar-refractivity contribution in [3.63, 3.8) is 0 Å². The maximum atomic E-state index is 13.6. The number of nitrogens with two attached hydrogens (primary N) is 1. The van der Waals surface area contributed by atoms with E-state index in [1.165, 1.54) is 74.0 Å². The van der Waals surface area contributed by atoms with E-state index >= 15 is 0 Å². The zero-order valence-corrected chi connectivity index (χ0v) is 44.2. The van der Waals surface area contributed by atoms with Crippen molar-refractivity contribution < 1.29 is 82.3 Å².